The van der Waals surface area contributed by atoms with Crippen LogP contribution in [0.3, 0.4) is 0 Å². The first-order valence-corrected chi connectivity index (χ1v) is 12.1. The van der Waals surface area contributed by atoms with Gasteiger partial charge in [-0.2, -0.15) is 4.31 Å². The zero-order valence-electron chi connectivity index (χ0n) is 17.0. The highest BCUT2D eigenvalue weighted by molar-refractivity contribution is 7.89. The molecule has 4 rings (SSSR count). The van der Waals surface area contributed by atoms with Crippen molar-refractivity contribution in [3.05, 3.63) is 87.1 Å². The van der Waals surface area contributed by atoms with Crippen molar-refractivity contribution in [1.82, 2.24) is 9.21 Å². The molecular weight excluding hydrogens is 416 g/mol. The molecule has 5 nitrogen and oxygen atoms in total. The van der Waals surface area contributed by atoms with E-state index in [2.05, 4.69) is 0 Å². The second kappa shape index (κ2) is 8.34. The van der Waals surface area contributed by atoms with Gasteiger partial charge in [-0.05, 0) is 47.0 Å². The summed E-state index contributed by atoms with van der Waals surface area (Å²) in [7, 11) is -2.05. The number of hydrogen-bond donors (Lipinski definition) is 0. The van der Waals surface area contributed by atoms with Crippen LogP contribution in [0.15, 0.2) is 64.9 Å². The van der Waals surface area contributed by atoms with Gasteiger partial charge in [-0.25, -0.2) is 8.42 Å². The summed E-state index contributed by atoms with van der Waals surface area (Å²) in [4.78, 5) is 15.1. The Bertz CT molecular complexity index is 1180. The van der Waals surface area contributed by atoms with E-state index in [9.17, 15) is 13.2 Å². The van der Waals surface area contributed by atoms with Crippen molar-refractivity contribution in [3.8, 4) is 0 Å². The third-order valence-electron chi connectivity index (χ3n) is 5.55. The second-order valence-electron chi connectivity index (χ2n) is 7.56. The molecule has 0 fully saturated rings. The average Bonchev–Trinajstić information content (AvgIpc) is 3.25. The SMILES string of the molecule is Cc1ccccc1CN(C)C(=O)c1sccc1S(=O)(=O)N1CCc2ccccc2C1. The quantitative estimate of drug-likeness (QED) is 0.601. The van der Waals surface area contributed by atoms with Crippen molar-refractivity contribution in [1.29, 1.82) is 0 Å². The predicted octanol–water partition coefficient (Wildman–Crippen LogP) is 4.08. The predicted molar refractivity (Wildman–Crippen MR) is 119 cm³/mol. The Morgan fingerprint density at radius 2 is 1.77 bits per heavy atom. The summed E-state index contributed by atoms with van der Waals surface area (Å²) in [5, 5.41) is 1.68. The molecule has 0 saturated heterocycles. The van der Waals surface area contributed by atoms with Gasteiger partial charge in [-0.1, -0.05) is 48.5 Å². The van der Waals surface area contributed by atoms with Crippen LogP contribution in [0.1, 0.15) is 31.9 Å². The summed E-state index contributed by atoms with van der Waals surface area (Å²) in [6.07, 6.45) is 0.677. The van der Waals surface area contributed by atoms with Gasteiger partial charge in [0, 0.05) is 26.7 Å². The molecule has 1 aliphatic heterocycles. The highest BCUT2D eigenvalue weighted by Gasteiger charge is 2.33. The van der Waals surface area contributed by atoms with Gasteiger partial charge in [0.25, 0.3) is 5.91 Å². The van der Waals surface area contributed by atoms with Gasteiger partial charge >= 0.3 is 0 Å². The van der Waals surface area contributed by atoms with E-state index in [0.717, 1.165) is 16.7 Å². The standard InChI is InChI=1S/C23H24N2O3S2/c1-17-7-3-4-9-19(17)15-24(2)23(26)22-21(12-14-29-22)30(27,28)25-13-11-18-8-5-6-10-20(18)16-25/h3-10,12,14H,11,13,15-16H2,1-2H3. The molecule has 30 heavy (non-hydrogen) atoms. The number of rotatable bonds is 5. The van der Waals surface area contributed by atoms with Gasteiger partial charge in [0.1, 0.15) is 9.77 Å². The third kappa shape index (κ3) is 3.93. The molecule has 0 bridgehead atoms. The van der Waals surface area contributed by atoms with Crippen molar-refractivity contribution in [2.45, 2.75) is 31.3 Å². The molecule has 2 aromatic carbocycles. The Morgan fingerprint density at radius 1 is 1.07 bits per heavy atom. The molecule has 7 heteroatoms. The lowest BCUT2D eigenvalue weighted by Crippen LogP contribution is -2.37. The van der Waals surface area contributed by atoms with Crippen LogP contribution in [-0.2, 0) is 29.5 Å². The molecule has 2 heterocycles. The smallest absolute Gasteiger partial charge is 0.265 e. The Labute approximate surface area is 181 Å². The number of carbonyl (C=O) groups is 1. The fourth-order valence-electron chi connectivity index (χ4n) is 3.76. The summed E-state index contributed by atoms with van der Waals surface area (Å²) >= 11 is 1.18. The lowest BCUT2D eigenvalue weighted by atomic mass is 10.0. The molecule has 0 unspecified atom stereocenters. The van der Waals surface area contributed by atoms with E-state index >= 15 is 0 Å². The van der Waals surface area contributed by atoms with E-state index in [0.29, 0.717) is 26.1 Å². The van der Waals surface area contributed by atoms with Crippen molar-refractivity contribution < 1.29 is 13.2 Å². The van der Waals surface area contributed by atoms with E-state index < -0.39 is 10.0 Å². The number of sulfonamides is 1. The second-order valence-corrected chi connectivity index (χ2v) is 10.4. The minimum atomic E-state index is -3.76. The van der Waals surface area contributed by atoms with E-state index in [4.69, 9.17) is 0 Å². The van der Waals surface area contributed by atoms with Crippen molar-refractivity contribution >= 4 is 27.3 Å². The van der Waals surface area contributed by atoms with E-state index in [1.54, 1.807) is 23.4 Å². The highest BCUT2D eigenvalue weighted by atomic mass is 32.2. The molecule has 1 aromatic heterocycles. The summed E-state index contributed by atoms with van der Waals surface area (Å²) < 4.78 is 28.2. The normalized spacial score (nSPS) is 14.3. The maximum Gasteiger partial charge on any atom is 0.265 e. The van der Waals surface area contributed by atoms with Crippen molar-refractivity contribution in [2.24, 2.45) is 0 Å². The number of hydrogen-bond acceptors (Lipinski definition) is 4. The zero-order chi connectivity index (χ0) is 21.3. The molecular formula is C23H24N2O3S2. The van der Waals surface area contributed by atoms with Gasteiger partial charge in [-0.3, -0.25) is 4.79 Å². The van der Waals surface area contributed by atoms with Crippen LogP contribution in [0.2, 0.25) is 0 Å². The van der Waals surface area contributed by atoms with E-state index in [1.165, 1.54) is 21.2 Å². The lowest BCUT2D eigenvalue weighted by molar-refractivity contribution is 0.0786. The number of aryl methyl sites for hydroxylation is 1. The Morgan fingerprint density at radius 3 is 2.53 bits per heavy atom. The summed E-state index contributed by atoms with van der Waals surface area (Å²) in [5.74, 6) is -0.274. The van der Waals surface area contributed by atoms with Crippen LogP contribution >= 0.6 is 11.3 Å². The Hall–Kier alpha value is -2.48. The molecule has 0 saturated carbocycles. The first kappa shape index (κ1) is 20.8. The minimum Gasteiger partial charge on any atom is -0.337 e. The molecule has 0 aliphatic carbocycles. The molecule has 0 atom stereocenters. The third-order valence-corrected chi connectivity index (χ3v) is 8.47. The molecule has 1 aliphatic rings. The fraction of sp³-hybridized carbons (Fsp3) is 0.261. The van der Waals surface area contributed by atoms with E-state index in [1.807, 2.05) is 55.5 Å². The molecule has 0 radical (unpaired) electrons. The number of carbonyl (C=O) groups excluding carboxylic acids is 1. The topological polar surface area (TPSA) is 57.7 Å². The maximum absolute atomic E-state index is 13.4. The van der Waals surface area contributed by atoms with Gasteiger partial charge < -0.3 is 4.90 Å². The maximum atomic E-state index is 13.4. The number of amides is 1. The number of benzene rings is 2. The Balaban J connectivity index is 1.58. The largest absolute Gasteiger partial charge is 0.337 e. The summed E-state index contributed by atoms with van der Waals surface area (Å²) in [5.41, 5.74) is 4.35. The molecule has 1 amide bonds. The first-order valence-electron chi connectivity index (χ1n) is 9.82. The van der Waals surface area contributed by atoms with Crippen LogP contribution in [0.5, 0.6) is 0 Å². The van der Waals surface area contributed by atoms with Gasteiger partial charge in [0.2, 0.25) is 10.0 Å². The van der Waals surface area contributed by atoms with Crippen LogP contribution in [0.25, 0.3) is 0 Å². The van der Waals surface area contributed by atoms with Gasteiger partial charge in [0.05, 0.1) is 0 Å². The minimum absolute atomic E-state index is 0.105. The molecule has 3 aromatic rings. The lowest BCUT2D eigenvalue weighted by Gasteiger charge is -2.28. The van der Waals surface area contributed by atoms with Crippen LogP contribution < -0.4 is 0 Å². The summed E-state index contributed by atoms with van der Waals surface area (Å²) in [6.45, 7) is 3.19. The summed E-state index contributed by atoms with van der Waals surface area (Å²) in [6, 6.07) is 17.3. The van der Waals surface area contributed by atoms with Crippen LogP contribution in [0, 0.1) is 6.92 Å². The van der Waals surface area contributed by atoms with E-state index in [-0.39, 0.29) is 15.7 Å². The average molecular weight is 441 g/mol. The zero-order valence-corrected chi connectivity index (χ0v) is 18.7. The first-order chi connectivity index (χ1) is 14.4. The van der Waals surface area contributed by atoms with Crippen molar-refractivity contribution in [2.75, 3.05) is 13.6 Å². The molecule has 0 N–H and O–H groups in total. The highest BCUT2D eigenvalue weighted by Crippen LogP contribution is 2.30. The molecule has 156 valence electrons. The number of fused-ring (bicyclic) bond motifs is 1. The van der Waals surface area contributed by atoms with Gasteiger partial charge in [0.15, 0.2) is 0 Å². The number of nitrogens with zero attached hydrogens (tertiary/aromatic N) is 2. The Kier molecular flexibility index (Phi) is 5.77. The van der Waals surface area contributed by atoms with Gasteiger partial charge in [-0.15, -0.1) is 11.3 Å². The fourth-order valence-corrected chi connectivity index (χ4v) is 6.57. The number of thiophene rings is 1. The monoisotopic (exact) mass is 440 g/mol. The van der Waals surface area contributed by atoms with Crippen molar-refractivity contribution in [3.63, 3.8) is 0 Å². The van der Waals surface area contributed by atoms with Crippen LogP contribution in [0.4, 0.5) is 0 Å². The van der Waals surface area contributed by atoms with Crippen LogP contribution in [-0.4, -0.2) is 37.1 Å². The molecule has 0 spiro atoms.